The lowest BCUT2D eigenvalue weighted by atomic mass is 10.1. The number of carbonyl (C=O) groups excluding carboxylic acids is 1. The van der Waals surface area contributed by atoms with E-state index in [1.807, 2.05) is 20.8 Å². The molecule has 1 amide bonds. The zero-order chi connectivity index (χ0) is 16.5. The molecule has 0 spiro atoms. The fraction of sp³-hybridized carbons (Fsp3) is 0.562. The molecule has 1 aromatic rings. The number of alkyl halides is 2. The van der Waals surface area contributed by atoms with Crippen molar-refractivity contribution in [3.63, 3.8) is 0 Å². The maximum Gasteiger partial charge on any atom is 0.387 e. The van der Waals surface area contributed by atoms with Gasteiger partial charge >= 0.3 is 6.61 Å². The van der Waals surface area contributed by atoms with Crippen LogP contribution in [0.15, 0.2) is 24.3 Å². The van der Waals surface area contributed by atoms with Gasteiger partial charge in [0.05, 0.1) is 6.54 Å². The van der Waals surface area contributed by atoms with E-state index >= 15 is 0 Å². The van der Waals surface area contributed by atoms with Crippen molar-refractivity contribution in [1.29, 1.82) is 0 Å². The first-order chi connectivity index (χ1) is 10.4. The van der Waals surface area contributed by atoms with Gasteiger partial charge in [0.1, 0.15) is 5.75 Å². The van der Waals surface area contributed by atoms with E-state index in [1.165, 1.54) is 12.1 Å². The minimum Gasteiger partial charge on any atom is -0.435 e. The van der Waals surface area contributed by atoms with Gasteiger partial charge in [-0.15, -0.1) is 0 Å². The monoisotopic (exact) mass is 314 g/mol. The van der Waals surface area contributed by atoms with Crippen LogP contribution in [-0.2, 0) is 11.2 Å². The smallest absolute Gasteiger partial charge is 0.387 e. The predicted molar refractivity (Wildman–Crippen MR) is 82.1 cm³/mol. The van der Waals surface area contributed by atoms with E-state index in [1.54, 1.807) is 12.1 Å². The van der Waals surface area contributed by atoms with Gasteiger partial charge in [0.2, 0.25) is 5.91 Å². The lowest BCUT2D eigenvalue weighted by Crippen LogP contribution is -2.40. The molecule has 0 saturated heterocycles. The predicted octanol–water partition coefficient (Wildman–Crippen LogP) is 2.72. The maximum absolute atomic E-state index is 12.0. The molecule has 2 N–H and O–H groups in total. The molecule has 6 heteroatoms. The minimum absolute atomic E-state index is 0.0182. The van der Waals surface area contributed by atoms with Crippen LogP contribution in [0.1, 0.15) is 32.8 Å². The fourth-order valence-corrected chi connectivity index (χ4v) is 1.96. The van der Waals surface area contributed by atoms with Gasteiger partial charge in [0.25, 0.3) is 0 Å². The van der Waals surface area contributed by atoms with Gasteiger partial charge in [0.15, 0.2) is 0 Å². The summed E-state index contributed by atoms with van der Waals surface area (Å²) in [7, 11) is 0. The number of halogens is 2. The summed E-state index contributed by atoms with van der Waals surface area (Å²) in [4.78, 5) is 11.5. The first-order valence-corrected chi connectivity index (χ1v) is 7.43. The Kier molecular flexibility index (Phi) is 7.80. The molecule has 124 valence electrons. The van der Waals surface area contributed by atoms with Gasteiger partial charge in [-0.1, -0.05) is 12.1 Å². The first kappa shape index (κ1) is 18.4. The Labute approximate surface area is 130 Å². The molecule has 0 heterocycles. The molecular formula is C16H24F2N2O2. The molecule has 0 aliphatic carbocycles. The lowest BCUT2D eigenvalue weighted by molar-refractivity contribution is -0.120. The van der Waals surface area contributed by atoms with Gasteiger partial charge in [-0.2, -0.15) is 8.78 Å². The highest BCUT2D eigenvalue weighted by atomic mass is 19.3. The fourth-order valence-electron chi connectivity index (χ4n) is 1.96. The summed E-state index contributed by atoms with van der Waals surface area (Å²) in [5.41, 5.74) is 1.04. The summed E-state index contributed by atoms with van der Waals surface area (Å²) in [5, 5.41) is 5.98. The molecule has 1 aromatic carbocycles. The Bertz CT molecular complexity index is 450. The van der Waals surface area contributed by atoms with E-state index in [0.717, 1.165) is 18.4 Å². The molecule has 1 unspecified atom stereocenters. The van der Waals surface area contributed by atoms with Crippen molar-refractivity contribution in [2.75, 3.05) is 6.54 Å². The average Bonchev–Trinajstić information content (AvgIpc) is 2.43. The van der Waals surface area contributed by atoms with Crippen molar-refractivity contribution in [1.82, 2.24) is 10.6 Å². The summed E-state index contributed by atoms with van der Waals surface area (Å²) in [5.74, 6) is 0.144. The molecule has 4 nitrogen and oxygen atoms in total. The normalized spacial score (nSPS) is 12.5. The molecule has 0 aliphatic heterocycles. The Hall–Kier alpha value is -1.69. The highest BCUT2D eigenvalue weighted by molar-refractivity contribution is 5.78. The van der Waals surface area contributed by atoms with Gasteiger partial charge in [-0.25, -0.2) is 0 Å². The van der Waals surface area contributed by atoms with E-state index in [9.17, 15) is 13.6 Å². The lowest BCUT2D eigenvalue weighted by Gasteiger charge is -2.15. The van der Waals surface area contributed by atoms with Crippen LogP contribution in [0.25, 0.3) is 0 Å². The van der Waals surface area contributed by atoms with Crippen LogP contribution in [-0.4, -0.2) is 31.1 Å². The van der Waals surface area contributed by atoms with Crippen LogP contribution in [0.5, 0.6) is 5.75 Å². The van der Waals surface area contributed by atoms with Crippen molar-refractivity contribution < 1.29 is 18.3 Å². The van der Waals surface area contributed by atoms with Crippen LogP contribution < -0.4 is 15.4 Å². The van der Waals surface area contributed by atoms with E-state index in [0.29, 0.717) is 6.54 Å². The van der Waals surface area contributed by atoms with Gasteiger partial charge < -0.3 is 15.4 Å². The number of hydrogen-bond donors (Lipinski definition) is 2. The highest BCUT2D eigenvalue weighted by Crippen LogP contribution is 2.16. The van der Waals surface area contributed by atoms with Crippen molar-refractivity contribution >= 4 is 5.91 Å². The Morgan fingerprint density at radius 1 is 1.18 bits per heavy atom. The minimum atomic E-state index is -2.80. The van der Waals surface area contributed by atoms with Gasteiger partial charge in [-0.3, -0.25) is 4.79 Å². The standard InChI is InChI=1S/C16H24F2N2O2/c1-11(2)20-15(21)10-19-12(3)4-5-13-6-8-14(9-7-13)22-16(17)18/h6-9,11-12,16,19H,4-5,10H2,1-3H3,(H,20,21). The highest BCUT2D eigenvalue weighted by Gasteiger charge is 2.07. The SMILES string of the molecule is CC(C)NC(=O)CNC(C)CCc1ccc(OC(F)F)cc1. The van der Waals surface area contributed by atoms with Crippen LogP contribution >= 0.6 is 0 Å². The number of rotatable bonds is 9. The number of carbonyl (C=O) groups is 1. The second kappa shape index (κ2) is 9.35. The Morgan fingerprint density at radius 2 is 1.82 bits per heavy atom. The molecule has 0 saturated carbocycles. The maximum atomic E-state index is 12.0. The van der Waals surface area contributed by atoms with E-state index in [4.69, 9.17) is 0 Å². The van der Waals surface area contributed by atoms with Crippen LogP contribution in [0.2, 0.25) is 0 Å². The summed E-state index contributed by atoms with van der Waals surface area (Å²) in [6, 6.07) is 6.95. The van der Waals surface area contributed by atoms with Crippen molar-refractivity contribution in [3.8, 4) is 5.75 Å². The second-order valence-corrected chi connectivity index (χ2v) is 5.57. The summed E-state index contributed by atoms with van der Waals surface area (Å²) < 4.78 is 28.4. The number of benzene rings is 1. The van der Waals surface area contributed by atoms with Gasteiger partial charge in [0, 0.05) is 12.1 Å². The molecule has 1 rings (SSSR count). The molecule has 0 bridgehead atoms. The quantitative estimate of drug-likeness (QED) is 0.737. The number of aryl methyl sites for hydroxylation is 1. The van der Waals surface area contributed by atoms with Crippen molar-refractivity contribution in [3.05, 3.63) is 29.8 Å². The Balaban J connectivity index is 2.28. The summed E-state index contributed by atoms with van der Waals surface area (Å²) >= 11 is 0. The van der Waals surface area contributed by atoms with Crippen molar-refractivity contribution in [2.45, 2.75) is 52.3 Å². The van der Waals surface area contributed by atoms with Crippen molar-refractivity contribution in [2.24, 2.45) is 0 Å². The molecular weight excluding hydrogens is 290 g/mol. The van der Waals surface area contributed by atoms with Gasteiger partial charge in [-0.05, 0) is 51.3 Å². The van der Waals surface area contributed by atoms with E-state index < -0.39 is 6.61 Å². The summed E-state index contributed by atoms with van der Waals surface area (Å²) in [6.07, 6.45) is 1.65. The Morgan fingerprint density at radius 3 is 2.36 bits per heavy atom. The van der Waals surface area contributed by atoms with E-state index in [2.05, 4.69) is 15.4 Å². The first-order valence-electron chi connectivity index (χ1n) is 7.43. The molecule has 0 fully saturated rings. The third-order valence-electron chi connectivity index (χ3n) is 3.08. The largest absolute Gasteiger partial charge is 0.435 e. The zero-order valence-electron chi connectivity index (χ0n) is 13.2. The molecule has 0 aromatic heterocycles. The number of ether oxygens (including phenoxy) is 1. The van der Waals surface area contributed by atoms with Crippen LogP contribution in [0, 0.1) is 0 Å². The van der Waals surface area contributed by atoms with Crippen LogP contribution in [0.3, 0.4) is 0 Å². The third-order valence-corrected chi connectivity index (χ3v) is 3.08. The van der Waals surface area contributed by atoms with E-state index in [-0.39, 0.29) is 23.7 Å². The molecule has 0 radical (unpaired) electrons. The number of nitrogens with one attached hydrogen (secondary N) is 2. The average molecular weight is 314 g/mol. The topological polar surface area (TPSA) is 50.4 Å². The van der Waals surface area contributed by atoms with Crippen LogP contribution in [0.4, 0.5) is 8.78 Å². The number of hydrogen-bond acceptors (Lipinski definition) is 3. The molecule has 1 atom stereocenters. The second-order valence-electron chi connectivity index (χ2n) is 5.57. The molecule has 0 aliphatic rings. The molecule has 22 heavy (non-hydrogen) atoms. The zero-order valence-corrected chi connectivity index (χ0v) is 13.2. The summed E-state index contributed by atoms with van der Waals surface area (Å²) in [6.45, 7) is 3.34. The number of amides is 1. The third kappa shape index (κ3) is 7.93.